The van der Waals surface area contributed by atoms with Crippen molar-refractivity contribution in [1.82, 2.24) is 9.80 Å². The van der Waals surface area contributed by atoms with E-state index in [-0.39, 0.29) is 5.91 Å². The minimum absolute atomic E-state index is 0.232. The summed E-state index contributed by atoms with van der Waals surface area (Å²) in [7, 11) is 0. The van der Waals surface area contributed by atoms with Crippen LogP contribution in [-0.4, -0.2) is 61.1 Å². The van der Waals surface area contributed by atoms with E-state index in [1.807, 2.05) is 17.5 Å². The van der Waals surface area contributed by atoms with Crippen LogP contribution in [0.5, 0.6) is 0 Å². The summed E-state index contributed by atoms with van der Waals surface area (Å²) in [4.78, 5) is 18.0. The molecule has 0 aliphatic carbocycles. The molecule has 3 saturated heterocycles. The van der Waals surface area contributed by atoms with Gasteiger partial charge in [-0.1, -0.05) is 6.07 Å². The number of likely N-dealkylation sites (tertiary alicyclic amines) is 2. The molecule has 3 fully saturated rings. The average Bonchev–Trinajstić information content (AvgIpc) is 3.27. The molecular weight excluding hydrogens is 296 g/mol. The number of carbonyl (C=O) groups excluding carboxylic acids is 1. The summed E-state index contributed by atoms with van der Waals surface area (Å²) in [6.07, 6.45) is 4.11. The molecule has 4 rings (SSSR count). The monoisotopic (exact) mass is 320 g/mol. The zero-order chi connectivity index (χ0) is 14.9. The van der Waals surface area contributed by atoms with Gasteiger partial charge < -0.3 is 14.5 Å². The van der Waals surface area contributed by atoms with E-state index in [1.165, 1.54) is 25.8 Å². The lowest BCUT2D eigenvalue weighted by atomic mass is 9.88. The maximum atomic E-state index is 12.5. The summed E-state index contributed by atoms with van der Waals surface area (Å²) >= 11 is 1.55. The summed E-state index contributed by atoms with van der Waals surface area (Å²) in [5.74, 6) is 1.58. The lowest BCUT2D eigenvalue weighted by Gasteiger charge is -2.35. The molecule has 3 aliphatic rings. The number of carbonyl (C=O) groups is 1. The number of rotatable bonds is 3. The Morgan fingerprint density at radius 2 is 2.18 bits per heavy atom. The number of nitrogens with zero attached hydrogens (tertiary/aromatic N) is 2. The van der Waals surface area contributed by atoms with Gasteiger partial charge in [-0.3, -0.25) is 4.79 Å². The van der Waals surface area contributed by atoms with Gasteiger partial charge in [0.15, 0.2) is 0 Å². The van der Waals surface area contributed by atoms with Gasteiger partial charge in [0.05, 0.1) is 11.0 Å². The highest BCUT2D eigenvalue weighted by Gasteiger charge is 2.39. The van der Waals surface area contributed by atoms with Crippen molar-refractivity contribution >= 4 is 17.2 Å². The summed E-state index contributed by atoms with van der Waals surface area (Å²) < 4.78 is 5.77. The molecular formula is C17H24N2O2S. The first-order chi connectivity index (χ1) is 10.8. The van der Waals surface area contributed by atoms with Crippen LogP contribution in [0.1, 0.15) is 28.9 Å². The first-order valence-corrected chi connectivity index (χ1v) is 9.34. The molecule has 1 amide bonds. The van der Waals surface area contributed by atoms with Crippen molar-refractivity contribution in [3.05, 3.63) is 22.4 Å². The van der Waals surface area contributed by atoms with Crippen LogP contribution < -0.4 is 0 Å². The number of piperidine rings is 1. The van der Waals surface area contributed by atoms with Crippen molar-refractivity contribution < 1.29 is 9.53 Å². The molecule has 5 heteroatoms. The van der Waals surface area contributed by atoms with Crippen molar-refractivity contribution in [3.8, 4) is 0 Å². The van der Waals surface area contributed by atoms with Crippen molar-refractivity contribution in [3.63, 3.8) is 0 Å². The molecule has 1 unspecified atom stereocenters. The van der Waals surface area contributed by atoms with Gasteiger partial charge in [0, 0.05) is 32.8 Å². The van der Waals surface area contributed by atoms with E-state index in [0.29, 0.717) is 17.9 Å². The van der Waals surface area contributed by atoms with Crippen LogP contribution in [0.3, 0.4) is 0 Å². The number of thiophene rings is 1. The van der Waals surface area contributed by atoms with E-state index in [2.05, 4.69) is 9.80 Å². The molecule has 4 heterocycles. The topological polar surface area (TPSA) is 32.8 Å². The Hall–Kier alpha value is -0.910. The van der Waals surface area contributed by atoms with Gasteiger partial charge in [0.25, 0.3) is 5.91 Å². The zero-order valence-corrected chi connectivity index (χ0v) is 13.8. The molecule has 3 aliphatic heterocycles. The number of ether oxygens (including phenoxy) is 1. The first kappa shape index (κ1) is 14.7. The Labute approximate surface area is 136 Å². The minimum atomic E-state index is 0.232. The number of fused-ring (bicyclic) bond motifs is 1. The largest absolute Gasteiger partial charge is 0.377 e. The lowest BCUT2D eigenvalue weighted by Crippen LogP contribution is -2.43. The maximum Gasteiger partial charge on any atom is 0.263 e. The molecule has 0 saturated carbocycles. The Morgan fingerprint density at radius 1 is 1.27 bits per heavy atom. The summed E-state index contributed by atoms with van der Waals surface area (Å²) in [6, 6.07) is 3.91. The highest BCUT2D eigenvalue weighted by Crippen LogP contribution is 2.32. The number of hydrogen-bond acceptors (Lipinski definition) is 4. The number of amides is 1. The first-order valence-electron chi connectivity index (χ1n) is 8.46. The smallest absolute Gasteiger partial charge is 0.263 e. The van der Waals surface area contributed by atoms with Gasteiger partial charge in [-0.15, -0.1) is 11.3 Å². The molecule has 0 bridgehead atoms. The maximum absolute atomic E-state index is 12.5. The minimum Gasteiger partial charge on any atom is -0.377 e. The SMILES string of the molecule is O=C(c1cccs1)N1C[C@H]2CN(CC3CCCO3)CC[C@H]2C1. The number of hydrogen-bond donors (Lipinski definition) is 0. The second-order valence-electron chi connectivity index (χ2n) is 6.89. The van der Waals surface area contributed by atoms with Crippen LogP contribution in [0, 0.1) is 11.8 Å². The molecule has 1 aromatic heterocycles. The van der Waals surface area contributed by atoms with Crippen LogP contribution in [0.2, 0.25) is 0 Å². The van der Waals surface area contributed by atoms with Gasteiger partial charge in [0.2, 0.25) is 0 Å². The van der Waals surface area contributed by atoms with Gasteiger partial charge >= 0.3 is 0 Å². The Morgan fingerprint density at radius 3 is 2.95 bits per heavy atom. The van der Waals surface area contributed by atoms with Crippen LogP contribution in [0.25, 0.3) is 0 Å². The van der Waals surface area contributed by atoms with Crippen LogP contribution in [-0.2, 0) is 4.74 Å². The third-order valence-corrected chi connectivity index (χ3v) is 6.25. The molecule has 3 atom stereocenters. The van der Waals surface area contributed by atoms with Crippen LogP contribution in [0.15, 0.2) is 17.5 Å². The van der Waals surface area contributed by atoms with Crippen molar-refractivity contribution in [2.24, 2.45) is 11.8 Å². The summed E-state index contributed by atoms with van der Waals surface area (Å²) in [5.41, 5.74) is 0. The van der Waals surface area contributed by atoms with E-state index >= 15 is 0 Å². The third-order valence-electron chi connectivity index (χ3n) is 5.39. The van der Waals surface area contributed by atoms with Gasteiger partial charge in [-0.05, 0) is 49.1 Å². The molecule has 0 N–H and O–H groups in total. The van der Waals surface area contributed by atoms with Crippen molar-refractivity contribution in [2.75, 3.05) is 39.3 Å². The fourth-order valence-electron chi connectivity index (χ4n) is 4.21. The molecule has 4 nitrogen and oxygen atoms in total. The van der Waals surface area contributed by atoms with E-state index in [4.69, 9.17) is 4.74 Å². The van der Waals surface area contributed by atoms with Gasteiger partial charge in [-0.2, -0.15) is 0 Å². The normalized spacial score (nSPS) is 32.4. The molecule has 0 spiro atoms. The summed E-state index contributed by atoms with van der Waals surface area (Å²) in [5, 5.41) is 1.99. The van der Waals surface area contributed by atoms with Gasteiger partial charge in [-0.25, -0.2) is 0 Å². The third kappa shape index (κ3) is 2.94. The standard InChI is InChI=1S/C17H24N2O2S/c20-17(16-4-2-8-22-16)19-10-13-5-6-18(9-14(13)11-19)12-15-3-1-7-21-15/h2,4,8,13-15H,1,3,5-7,9-12H2/t13-,14+,15?/m0/s1. The fraction of sp³-hybridized carbons (Fsp3) is 0.706. The highest BCUT2D eigenvalue weighted by molar-refractivity contribution is 7.12. The Balaban J connectivity index is 1.34. The van der Waals surface area contributed by atoms with E-state index in [0.717, 1.165) is 37.7 Å². The van der Waals surface area contributed by atoms with Crippen molar-refractivity contribution in [2.45, 2.75) is 25.4 Å². The van der Waals surface area contributed by atoms with E-state index < -0.39 is 0 Å². The summed E-state index contributed by atoms with van der Waals surface area (Å²) in [6.45, 7) is 6.22. The molecule has 1 aromatic rings. The van der Waals surface area contributed by atoms with Crippen molar-refractivity contribution in [1.29, 1.82) is 0 Å². The molecule has 22 heavy (non-hydrogen) atoms. The lowest BCUT2D eigenvalue weighted by molar-refractivity contribution is 0.0506. The predicted molar refractivity (Wildman–Crippen MR) is 87.2 cm³/mol. The highest BCUT2D eigenvalue weighted by atomic mass is 32.1. The van der Waals surface area contributed by atoms with Gasteiger partial charge in [0.1, 0.15) is 0 Å². The molecule has 0 radical (unpaired) electrons. The average molecular weight is 320 g/mol. The van der Waals surface area contributed by atoms with E-state index in [1.54, 1.807) is 11.3 Å². The van der Waals surface area contributed by atoms with Crippen LogP contribution in [0.4, 0.5) is 0 Å². The second-order valence-corrected chi connectivity index (χ2v) is 7.84. The quantitative estimate of drug-likeness (QED) is 0.857. The zero-order valence-electron chi connectivity index (χ0n) is 12.9. The Bertz CT molecular complexity index is 513. The van der Waals surface area contributed by atoms with Crippen LogP contribution >= 0.6 is 11.3 Å². The molecule has 120 valence electrons. The fourth-order valence-corrected chi connectivity index (χ4v) is 4.90. The molecule has 0 aromatic carbocycles. The Kier molecular flexibility index (Phi) is 4.20. The van der Waals surface area contributed by atoms with E-state index in [9.17, 15) is 4.79 Å². The second kappa shape index (κ2) is 6.30. The predicted octanol–water partition coefficient (Wildman–Crippen LogP) is 2.32.